The first-order chi connectivity index (χ1) is 8.03. The molecule has 100 valence electrons. The Morgan fingerprint density at radius 2 is 1.72 bits per heavy atom. The average molecular weight is 250 g/mol. The van der Waals surface area contributed by atoms with Crippen LogP contribution in [0.2, 0.25) is 0 Å². The summed E-state index contributed by atoms with van der Waals surface area (Å²) < 4.78 is 0. The molecule has 1 aromatic carbocycles. The van der Waals surface area contributed by atoms with Gasteiger partial charge >= 0.3 is 5.97 Å². The lowest BCUT2D eigenvalue weighted by molar-refractivity contribution is 0.0693. The van der Waals surface area contributed by atoms with Crippen molar-refractivity contribution in [3.63, 3.8) is 0 Å². The molecule has 0 fully saturated rings. The molecule has 3 nitrogen and oxygen atoms in total. The molecule has 0 atom stereocenters. The summed E-state index contributed by atoms with van der Waals surface area (Å²) in [6.45, 7) is 10.7. The smallest absolute Gasteiger partial charge is 0.339 e. The van der Waals surface area contributed by atoms with Crippen LogP contribution < -0.4 is 0 Å². The summed E-state index contributed by atoms with van der Waals surface area (Å²) in [5.74, 6) is -1.27. The Morgan fingerprint density at radius 1 is 1.17 bits per heavy atom. The van der Waals surface area contributed by atoms with Gasteiger partial charge in [0.2, 0.25) is 0 Å². The summed E-state index contributed by atoms with van der Waals surface area (Å²) in [6.07, 6.45) is 0.950. The van der Waals surface area contributed by atoms with Crippen molar-refractivity contribution in [2.45, 2.75) is 46.5 Å². The van der Waals surface area contributed by atoms with Crippen LogP contribution in [0.4, 0.5) is 0 Å². The van der Waals surface area contributed by atoms with Gasteiger partial charge in [0, 0.05) is 0 Å². The Hall–Kier alpha value is -1.51. The maximum absolute atomic E-state index is 10.9. The van der Waals surface area contributed by atoms with Crippen LogP contribution in [0.5, 0.6) is 5.75 Å². The second kappa shape index (κ2) is 4.63. The second-order valence-electron chi connectivity index (χ2n) is 6.66. The fourth-order valence-corrected chi connectivity index (χ4v) is 2.56. The molecule has 0 spiro atoms. The molecule has 0 aromatic heterocycles. The van der Waals surface area contributed by atoms with Crippen molar-refractivity contribution < 1.29 is 15.0 Å². The fourth-order valence-electron chi connectivity index (χ4n) is 2.56. The maximum Gasteiger partial charge on any atom is 0.339 e. The summed E-state index contributed by atoms with van der Waals surface area (Å²) in [6, 6.07) is 4.82. The van der Waals surface area contributed by atoms with Gasteiger partial charge in [-0.15, -0.1) is 0 Å². The third-order valence-corrected chi connectivity index (χ3v) is 2.98. The normalized spacial score (nSPS) is 12.5. The quantitative estimate of drug-likeness (QED) is 0.857. The summed E-state index contributed by atoms with van der Waals surface area (Å²) >= 11 is 0. The van der Waals surface area contributed by atoms with E-state index < -0.39 is 5.97 Å². The third kappa shape index (κ3) is 3.49. The van der Waals surface area contributed by atoms with Crippen LogP contribution >= 0.6 is 0 Å². The van der Waals surface area contributed by atoms with Gasteiger partial charge in [0.05, 0.1) is 0 Å². The topological polar surface area (TPSA) is 57.5 Å². The lowest BCUT2D eigenvalue weighted by atomic mass is 9.72. The highest BCUT2D eigenvalue weighted by Crippen LogP contribution is 2.37. The molecule has 0 aliphatic heterocycles. The number of aromatic hydroxyl groups is 1. The van der Waals surface area contributed by atoms with Crippen LogP contribution in [-0.4, -0.2) is 16.2 Å². The molecule has 2 N–H and O–H groups in total. The maximum atomic E-state index is 10.9. The number of aromatic carboxylic acids is 1. The van der Waals surface area contributed by atoms with Crippen molar-refractivity contribution in [2.24, 2.45) is 5.41 Å². The van der Waals surface area contributed by atoms with E-state index in [0.29, 0.717) is 0 Å². The molecule has 0 aliphatic rings. The van der Waals surface area contributed by atoms with Crippen molar-refractivity contribution in [3.05, 3.63) is 29.3 Å². The van der Waals surface area contributed by atoms with Gasteiger partial charge in [0.15, 0.2) is 0 Å². The number of benzene rings is 1. The van der Waals surface area contributed by atoms with Gasteiger partial charge in [0.1, 0.15) is 11.3 Å². The van der Waals surface area contributed by atoms with Crippen molar-refractivity contribution in [1.82, 2.24) is 0 Å². The lowest BCUT2D eigenvalue weighted by Crippen LogP contribution is -2.24. The zero-order valence-electron chi connectivity index (χ0n) is 11.7. The first-order valence-corrected chi connectivity index (χ1v) is 6.10. The molecule has 0 aliphatic carbocycles. The highest BCUT2D eigenvalue weighted by molar-refractivity contribution is 5.90. The monoisotopic (exact) mass is 250 g/mol. The van der Waals surface area contributed by atoms with E-state index in [1.54, 1.807) is 12.1 Å². The second-order valence-corrected chi connectivity index (χ2v) is 6.66. The summed E-state index contributed by atoms with van der Waals surface area (Å²) in [5, 5.41) is 18.6. The Kier molecular flexibility index (Phi) is 3.75. The highest BCUT2D eigenvalue weighted by Gasteiger charge is 2.28. The van der Waals surface area contributed by atoms with Crippen LogP contribution in [0, 0.1) is 5.41 Å². The summed E-state index contributed by atoms with van der Waals surface area (Å²) in [4.78, 5) is 10.9. The number of hydrogen-bond acceptors (Lipinski definition) is 2. The molecule has 0 amide bonds. The van der Waals surface area contributed by atoms with Gasteiger partial charge in [-0.1, -0.05) is 40.7 Å². The van der Waals surface area contributed by atoms with Crippen molar-refractivity contribution in [3.8, 4) is 5.75 Å². The van der Waals surface area contributed by atoms with Crippen molar-refractivity contribution in [1.29, 1.82) is 0 Å². The van der Waals surface area contributed by atoms with Crippen LogP contribution in [0.15, 0.2) is 18.2 Å². The Bertz CT molecular complexity index is 453. The zero-order chi connectivity index (χ0) is 14.1. The molecule has 1 rings (SSSR count). The molecule has 0 heterocycles. The molecule has 18 heavy (non-hydrogen) atoms. The minimum Gasteiger partial charge on any atom is -0.507 e. The predicted octanol–water partition coefficient (Wildman–Crippen LogP) is 3.80. The molecule has 0 radical (unpaired) electrons. The molecule has 3 heteroatoms. The zero-order valence-corrected chi connectivity index (χ0v) is 11.7. The standard InChI is InChI=1S/C15H22O3/c1-14(2,3)9-15(4,5)10-6-7-11(13(17)18)12(16)8-10/h6-8,16H,9H2,1-5H3,(H,17,18). The van der Waals surface area contributed by atoms with Crippen LogP contribution in [0.25, 0.3) is 0 Å². The number of carboxylic acids is 1. The third-order valence-electron chi connectivity index (χ3n) is 2.98. The van der Waals surface area contributed by atoms with Gasteiger partial charge in [-0.2, -0.15) is 0 Å². The van der Waals surface area contributed by atoms with E-state index in [4.69, 9.17) is 5.11 Å². The number of rotatable bonds is 3. The highest BCUT2D eigenvalue weighted by atomic mass is 16.4. The van der Waals surface area contributed by atoms with Gasteiger partial charge in [-0.05, 0) is 34.9 Å². The van der Waals surface area contributed by atoms with Crippen molar-refractivity contribution >= 4 is 5.97 Å². The summed E-state index contributed by atoms with van der Waals surface area (Å²) in [7, 11) is 0. The molecule has 0 bridgehead atoms. The van der Waals surface area contributed by atoms with Gasteiger partial charge in [-0.3, -0.25) is 0 Å². The van der Waals surface area contributed by atoms with Crippen LogP contribution in [0.3, 0.4) is 0 Å². The minimum atomic E-state index is -1.10. The SMILES string of the molecule is CC(C)(C)CC(C)(C)c1ccc(C(=O)O)c(O)c1. The fraction of sp³-hybridized carbons (Fsp3) is 0.533. The first kappa shape index (κ1) is 14.6. The molecule has 1 aromatic rings. The van der Waals surface area contributed by atoms with E-state index in [0.717, 1.165) is 12.0 Å². The minimum absolute atomic E-state index is 0.0506. The van der Waals surface area contributed by atoms with Gasteiger partial charge in [-0.25, -0.2) is 4.79 Å². The first-order valence-electron chi connectivity index (χ1n) is 6.10. The van der Waals surface area contributed by atoms with E-state index >= 15 is 0 Å². The Labute approximate surface area is 108 Å². The molecule has 0 saturated heterocycles. The van der Waals surface area contributed by atoms with Gasteiger partial charge in [0.25, 0.3) is 0 Å². The van der Waals surface area contributed by atoms with E-state index in [-0.39, 0.29) is 22.1 Å². The lowest BCUT2D eigenvalue weighted by Gasteiger charge is -2.33. The average Bonchev–Trinajstić information content (AvgIpc) is 2.12. The van der Waals surface area contributed by atoms with E-state index in [1.807, 2.05) is 0 Å². The number of carboxylic acid groups (broad SMARTS) is 1. The number of phenols is 1. The van der Waals surface area contributed by atoms with Crippen LogP contribution in [-0.2, 0) is 5.41 Å². The molecule has 0 saturated carbocycles. The van der Waals surface area contributed by atoms with Gasteiger partial charge < -0.3 is 10.2 Å². The molecular formula is C15H22O3. The number of carbonyl (C=O) groups is 1. The Balaban J connectivity index is 3.11. The van der Waals surface area contributed by atoms with Crippen LogP contribution in [0.1, 0.15) is 57.0 Å². The number of hydrogen-bond donors (Lipinski definition) is 2. The summed E-state index contributed by atoms with van der Waals surface area (Å²) in [5.41, 5.74) is 0.974. The largest absolute Gasteiger partial charge is 0.507 e. The van der Waals surface area contributed by atoms with E-state index in [2.05, 4.69) is 34.6 Å². The van der Waals surface area contributed by atoms with E-state index in [1.165, 1.54) is 6.07 Å². The van der Waals surface area contributed by atoms with E-state index in [9.17, 15) is 9.90 Å². The molecule has 0 unspecified atom stereocenters. The Morgan fingerprint density at radius 3 is 2.11 bits per heavy atom. The van der Waals surface area contributed by atoms with Crippen molar-refractivity contribution in [2.75, 3.05) is 0 Å². The predicted molar refractivity (Wildman–Crippen MR) is 72.2 cm³/mol. The molecular weight excluding hydrogens is 228 g/mol.